The van der Waals surface area contributed by atoms with Crippen LogP contribution in [-0.4, -0.2) is 24.0 Å². The normalized spacial score (nSPS) is 9.67. The van der Waals surface area contributed by atoms with Gasteiger partial charge in [-0.2, -0.15) is 5.26 Å². The molecule has 2 aromatic rings. The lowest BCUT2D eigenvalue weighted by molar-refractivity contribution is -0.384. The Labute approximate surface area is 136 Å². The SMILES string of the molecule is COC(=O)c1cc(C(=O)Oc2ccc(C#N)cc2)cc([N+](=O)[O-])c1. The molecule has 0 aliphatic heterocycles. The first-order valence-electron chi connectivity index (χ1n) is 6.54. The predicted octanol–water partition coefficient (Wildman–Crippen LogP) is 2.47. The van der Waals surface area contributed by atoms with Gasteiger partial charge >= 0.3 is 11.9 Å². The van der Waals surface area contributed by atoms with E-state index in [0.29, 0.717) is 5.56 Å². The van der Waals surface area contributed by atoms with Crippen molar-refractivity contribution in [3.8, 4) is 11.8 Å². The summed E-state index contributed by atoms with van der Waals surface area (Å²) in [7, 11) is 1.12. The second kappa shape index (κ2) is 7.02. The van der Waals surface area contributed by atoms with Crippen LogP contribution in [0.4, 0.5) is 5.69 Å². The minimum atomic E-state index is -0.881. The number of carbonyl (C=O) groups excluding carboxylic acids is 2. The summed E-state index contributed by atoms with van der Waals surface area (Å²) in [6.45, 7) is 0. The first-order chi connectivity index (χ1) is 11.4. The molecule has 0 N–H and O–H groups in total. The number of carbonyl (C=O) groups is 2. The van der Waals surface area contributed by atoms with E-state index in [0.717, 1.165) is 25.3 Å². The van der Waals surface area contributed by atoms with Crippen LogP contribution in [0.5, 0.6) is 5.75 Å². The second-order valence-electron chi connectivity index (χ2n) is 4.54. The number of non-ortho nitro benzene ring substituents is 1. The molecule has 0 saturated carbocycles. The van der Waals surface area contributed by atoms with Gasteiger partial charge in [-0.3, -0.25) is 10.1 Å². The lowest BCUT2D eigenvalue weighted by atomic mass is 10.1. The molecule has 8 heteroatoms. The lowest BCUT2D eigenvalue weighted by Gasteiger charge is -2.06. The number of benzene rings is 2. The van der Waals surface area contributed by atoms with Gasteiger partial charge in [-0.1, -0.05) is 0 Å². The minimum absolute atomic E-state index is 0.140. The molecular formula is C16H10N2O6. The zero-order valence-corrected chi connectivity index (χ0v) is 12.4. The fraction of sp³-hybridized carbons (Fsp3) is 0.0625. The van der Waals surface area contributed by atoms with Crippen LogP contribution in [0, 0.1) is 21.4 Å². The van der Waals surface area contributed by atoms with Crippen molar-refractivity contribution >= 4 is 17.6 Å². The van der Waals surface area contributed by atoms with E-state index in [-0.39, 0.29) is 16.9 Å². The van der Waals surface area contributed by atoms with Gasteiger partial charge in [0, 0.05) is 12.1 Å². The Balaban J connectivity index is 2.33. The van der Waals surface area contributed by atoms with E-state index < -0.39 is 22.5 Å². The third-order valence-electron chi connectivity index (χ3n) is 2.98. The maximum atomic E-state index is 12.1. The number of methoxy groups -OCH3 is 1. The van der Waals surface area contributed by atoms with E-state index in [1.165, 1.54) is 24.3 Å². The molecule has 0 radical (unpaired) electrons. The van der Waals surface area contributed by atoms with Crippen LogP contribution < -0.4 is 4.74 Å². The molecular weight excluding hydrogens is 316 g/mol. The molecule has 0 atom stereocenters. The second-order valence-corrected chi connectivity index (χ2v) is 4.54. The van der Waals surface area contributed by atoms with E-state index in [2.05, 4.69) is 4.74 Å². The topological polar surface area (TPSA) is 120 Å². The van der Waals surface area contributed by atoms with Crippen molar-refractivity contribution in [3.63, 3.8) is 0 Å². The smallest absolute Gasteiger partial charge is 0.343 e. The molecule has 2 aromatic carbocycles. The molecule has 0 unspecified atom stereocenters. The maximum absolute atomic E-state index is 12.1. The van der Waals surface area contributed by atoms with E-state index >= 15 is 0 Å². The average Bonchev–Trinajstić information content (AvgIpc) is 2.61. The van der Waals surface area contributed by atoms with Crippen molar-refractivity contribution in [1.82, 2.24) is 0 Å². The lowest BCUT2D eigenvalue weighted by Crippen LogP contribution is -2.11. The van der Waals surface area contributed by atoms with Crippen molar-refractivity contribution in [1.29, 1.82) is 5.26 Å². The molecule has 0 aromatic heterocycles. The molecule has 8 nitrogen and oxygen atoms in total. The van der Waals surface area contributed by atoms with Crippen molar-refractivity contribution in [3.05, 3.63) is 69.3 Å². The summed E-state index contributed by atoms with van der Waals surface area (Å²) in [5.41, 5.74) is -0.366. The molecule has 0 spiro atoms. The van der Waals surface area contributed by atoms with Crippen LogP contribution in [-0.2, 0) is 4.74 Å². The summed E-state index contributed by atoms with van der Waals surface area (Å²) in [6, 6.07) is 10.8. The molecule has 0 heterocycles. The summed E-state index contributed by atoms with van der Waals surface area (Å²) in [6.07, 6.45) is 0. The maximum Gasteiger partial charge on any atom is 0.343 e. The fourth-order valence-electron chi connectivity index (χ4n) is 1.83. The number of nitrogens with zero attached hydrogens (tertiary/aromatic N) is 2. The van der Waals surface area contributed by atoms with Crippen LogP contribution in [0.3, 0.4) is 0 Å². The van der Waals surface area contributed by atoms with E-state index in [1.54, 1.807) is 0 Å². The summed E-state index contributed by atoms with van der Waals surface area (Å²) >= 11 is 0. The van der Waals surface area contributed by atoms with Crippen LogP contribution in [0.15, 0.2) is 42.5 Å². The van der Waals surface area contributed by atoms with Gasteiger partial charge in [0.25, 0.3) is 5.69 Å². The molecule has 0 aliphatic carbocycles. The fourth-order valence-corrected chi connectivity index (χ4v) is 1.83. The highest BCUT2D eigenvalue weighted by molar-refractivity contribution is 5.97. The van der Waals surface area contributed by atoms with Crippen molar-refractivity contribution in [2.75, 3.05) is 7.11 Å². The number of nitro benzene ring substituents is 1. The molecule has 0 fully saturated rings. The van der Waals surface area contributed by atoms with Gasteiger partial charge in [-0.15, -0.1) is 0 Å². The van der Waals surface area contributed by atoms with Gasteiger partial charge in [0.2, 0.25) is 0 Å². The first-order valence-corrected chi connectivity index (χ1v) is 6.54. The molecule has 120 valence electrons. The van der Waals surface area contributed by atoms with Gasteiger partial charge in [0.15, 0.2) is 0 Å². The number of esters is 2. The van der Waals surface area contributed by atoms with Gasteiger partial charge in [0.1, 0.15) is 5.75 Å². The highest BCUT2D eigenvalue weighted by Gasteiger charge is 2.19. The van der Waals surface area contributed by atoms with Gasteiger partial charge < -0.3 is 9.47 Å². The third kappa shape index (κ3) is 3.72. The predicted molar refractivity (Wildman–Crippen MR) is 80.6 cm³/mol. The number of ether oxygens (including phenoxy) is 2. The van der Waals surface area contributed by atoms with Crippen LogP contribution >= 0.6 is 0 Å². The number of hydrogen-bond donors (Lipinski definition) is 0. The van der Waals surface area contributed by atoms with Crippen LogP contribution in [0.25, 0.3) is 0 Å². The van der Waals surface area contributed by atoms with E-state index in [9.17, 15) is 19.7 Å². The van der Waals surface area contributed by atoms with Crippen molar-refractivity contribution in [2.24, 2.45) is 0 Å². The number of rotatable bonds is 4. The Morgan fingerprint density at radius 2 is 1.67 bits per heavy atom. The highest BCUT2D eigenvalue weighted by atomic mass is 16.6. The Morgan fingerprint density at radius 3 is 2.17 bits per heavy atom. The van der Waals surface area contributed by atoms with Gasteiger partial charge in [0.05, 0.1) is 34.8 Å². The Morgan fingerprint density at radius 1 is 1.08 bits per heavy atom. The quantitative estimate of drug-likeness (QED) is 0.366. The largest absolute Gasteiger partial charge is 0.465 e. The molecule has 0 amide bonds. The number of nitriles is 1. The number of nitro groups is 1. The summed E-state index contributed by atoms with van der Waals surface area (Å²) in [5, 5.41) is 19.6. The zero-order chi connectivity index (χ0) is 17.7. The highest BCUT2D eigenvalue weighted by Crippen LogP contribution is 2.20. The summed E-state index contributed by atoms with van der Waals surface area (Å²) in [5.74, 6) is -1.54. The van der Waals surface area contributed by atoms with Crippen molar-refractivity contribution < 1.29 is 24.0 Å². The molecule has 0 bridgehead atoms. The minimum Gasteiger partial charge on any atom is -0.465 e. The van der Waals surface area contributed by atoms with Crippen molar-refractivity contribution in [2.45, 2.75) is 0 Å². The van der Waals surface area contributed by atoms with Crippen LogP contribution in [0.1, 0.15) is 26.3 Å². The van der Waals surface area contributed by atoms with Crippen LogP contribution in [0.2, 0.25) is 0 Å². The molecule has 0 aliphatic rings. The first kappa shape index (κ1) is 16.6. The van der Waals surface area contributed by atoms with E-state index in [1.807, 2.05) is 6.07 Å². The Hall–Kier alpha value is -3.73. The third-order valence-corrected chi connectivity index (χ3v) is 2.98. The molecule has 2 rings (SSSR count). The monoisotopic (exact) mass is 326 g/mol. The summed E-state index contributed by atoms with van der Waals surface area (Å²) < 4.78 is 9.59. The standard InChI is InChI=1S/C16H10N2O6/c1-23-15(19)11-6-12(8-13(7-11)18(21)22)16(20)24-14-4-2-10(9-17)3-5-14/h2-8H,1H3. The Bertz CT molecular complexity index is 852. The molecule has 0 saturated heterocycles. The van der Waals surface area contributed by atoms with E-state index in [4.69, 9.17) is 10.00 Å². The average molecular weight is 326 g/mol. The number of hydrogen-bond acceptors (Lipinski definition) is 7. The summed E-state index contributed by atoms with van der Waals surface area (Å²) in [4.78, 5) is 33.9. The van der Waals surface area contributed by atoms with Gasteiger partial charge in [-0.25, -0.2) is 9.59 Å². The zero-order valence-electron chi connectivity index (χ0n) is 12.4. The Kier molecular flexibility index (Phi) is 4.87. The van der Waals surface area contributed by atoms with Gasteiger partial charge in [-0.05, 0) is 30.3 Å². The molecule has 24 heavy (non-hydrogen) atoms.